The Labute approximate surface area is 278 Å². The average molecular weight is 707 g/mol. The van der Waals surface area contributed by atoms with E-state index in [-0.39, 0.29) is 39.6 Å². The molecule has 0 aromatic heterocycles. The number of ether oxygens (including phenoxy) is 1. The first kappa shape index (κ1) is 32.1. The van der Waals surface area contributed by atoms with Crippen LogP contribution in [-0.4, -0.2) is 45.6 Å². The summed E-state index contributed by atoms with van der Waals surface area (Å²) >= 11 is 14.2. The standard InChI is InChI=1S/C33H21Cl2F5N2O6/c1-48-19-11-13(7-10-18(19)43)21-15-8-9-16-20(29(45)41(28(16)44)14-5-3-2-4-6-14)17(15)12-32(34)30(46)42(31(47)33(21,32)35)27-25(39)23(37)22(36)24(38)26(27)40/h2-8,10-11,16-17,20-21,43H,9,12H2,1H3. The molecule has 3 aromatic rings. The number of hydrogen-bond acceptors (Lipinski definition) is 6. The Morgan fingerprint density at radius 1 is 0.812 bits per heavy atom. The number of amides is 4. The van der Waals surface area contributed by atoms with Gasteiger partial charge in [0, 0.05) is 5.92 Å². The minimum absolute atomic E-state index is 0.0120. The van der Waals surface area contributed by atoms with Crippen LogP contribution in [0.2, 0.25) is 0 Å². The van der Waals surface area contributed by atoms with Crippen molar-refractivity contribution in [3.63, 3.8) is 0 Å². The van der Waals surface area contributed by atoms with Gasteiger partial charge >= 0.3 is 0 Å². The number of methoxy groups -OCH3 is 1. The van der Waals surface area contributed by atoms with Crippen molar-refractivity contribution in [1.82, 2.24) is 0 Å². The molecule has 7 rings (SSSR count). The molecule has 0 bridgehead atoms. The summed E-state index contributed by atoms with van der Waals surface area (Å²) in [6.07, 6.45) is 0.936. The molecule has 6 atom stereocenters. The number of nitrogens with zero attached hydrogens (tertiary/aromatic N) is 2. The van der Waals surface area contributed by atoms with Crippen molar-refractivity contribution < 1.29 is 51.0 Å². The van der Waals surface area contributed by atoms with E-state index in [4.69, 9.17) is 27.9 Å². The zero-order chi connectivity index (χ0) is 34.6. The Bertz CT molecular complexity index is 1980. The fraction of sp³-hybridized carbons (Fsp3) is 0.273. The lowest BCUT2D eigenvalue weighted by molar-refractivity contribution is -0.125. The van der Waals surface area contributed by atoms with Crippen molar-refractivity contribution in [2.75, 3.05) is 16.9 Å². The summed E-state index contributed by atoms with van der Waals surface area (Å²) in [5.74, 6) is -21.7. The summed E-state index contributed by atoms with van der Waals surface area (Å²) in [6.45, 7) is 0. The van der Waals surface area contributed by atoms with Gasteiger partial charge in [-0.2, -0.15) is 0 Å². The quantitative estimate of drug-likeness (QED) is 0.0910. The Morgan fingerprint density at radius 2 is 1.44 bits per heavy atom. The van der Waals surface area contributed by atoms with E-state index in [1.54, 1.807) is 36.4 Å². The molecule has 48 heavy (non-hydrogen) atoms. The number of anilines is 2. The van der Waals surface area contributed by atoms with Crippen molar-refractivity contribution in [2.24, 2.45) is 17.8 Å². The van der Waals surface area contributed by atoms with Gasteiger partial charge in [-0.1, -0.05) is 35.9 Å². The van der Waals surface area contributed by atoms with E-state index >= 15 is 8.78 Å². The molecule has 6 unspecified atom stereocenters. The molecule has 0 spiro atoms. The number of allylic oxidation sites excluding steroid dienone is 2. The number of alkyl halides is 2. The van der Waals surface area contributed by atoms with Crippen LogP contribution in [0.1, 0.15) is 24.3 Å². The maximum Gasteiger partial charge on any atom is 0.258 e. The van der Waals surface area contributed by atoms with Crippen molar-refractivity contribution in [2.45, 2.75) is 28.5 Å². The number of phenols is 1. The first-order valence-corrected chi connectivity index (χ1v) is 15.2. The molecule has 2 heterocycles. The van der Waals surface area contributed by atoms with Gasteiger partial charge in [-0.05, 0) is 48.6 Å². The third kappa shape index (κ3) is 3.94. The lowest BCUT2D eigenvalue weighted by Crippen LogP contribution is -2.60. The van der Waals surface area contributed by atoms with Crippen LogP contribution >= 0.6 is 23.2 Å². The Hall–Kier alpha value is -4.49. The van der Waals surface area contributed by atoms with Crippen molar-refractivity contribution in [1.29, 1.82) is 0 Å². The topological polar surface area (TPSA) is 104 Å². The summed E-state index contributed by atoms with van der Waals surface area (Å²) < 4.78 is 78.3. The number of hydrogen-bond donors (Lipinski definition) is 1. The van der Waals surface area contributed by atoms with Crippen molar-refractivity contribution >= 4 is 58.2 Å². The summed E-state index contributed by atoms with van der Waals surface area (Å²) in [6, 6.07) is 11.8. The lowest BCUT2D eigenvalue weighted by Gasteiger charge is -2.50. The predicted octanol–water partition coefficient (Wildman–Crippen LogP) is 5.86. The van der Waals surface area contributed by atoms with Gasteiger partial charge in [0.2, 0.25) is 17.6 Å². The molecule has 1 saturated carbocycles. The summed E-state index contributed by atoms with van der Waals surface area (Å²) in [5, 5.41) is 10.3. The van der Waals surface area contributed by atoms with Crippen LogP contribution in [0.25, 0.3) is 0 Å². The number of phenolic OH excluding ortho intramolecular Hbond substituents is 1. The van der Waals surface area contributed by atoms with Crippen molar-refractivity contribution in [3.05, 3.63) is 94.8 Å². The van der Waals surface area contributed by atoms with Gasteiger partial charge in [0.15, 0.2) is 44.5 Å². The van der Waals surface area contributed by atoms with Crippen LogP contribution in [0, 0.1) is 46.8 Å². The maximum atomic E-state index is 15.2. The van der Waals surface area contributed by atoms with Gasteiger partial charge in [0.25, 0.3) is 11.8 Å². The fourth-order valence-corrected chi connectivity index (χ4v) is 8.58. The predicted molar refractivity (Wildman–Crippen MR) is 160 cm³/mol. The van der Waals surface area contributed by atoms with E-state index in [1.807, 2.05) is 0 Å². The number of imide groups is 2. The van der Waals surface area contributed by atoms with Gasteiger partial charge in [0.05, 0.1) is 24.6 Å². The van der Waals surface area contributed by atoms with E-state index < -0.39 is 98.2 Å². The number of carbonyl (C=O) groups excluding carboxylic acids is 4. The second-order valence-corrected chi connectivity index (χ2v) is 13.2. The van der Waals surface area contributed by atoms with Crippen LogP contribution in [0.3, 0.4) is 0 Å². The third-order valence-corrected chi connectivity index (χ3v) is 11.2. The highest BCUT2D eigenvalue weighted by atomic mass is 35.5. The van der Waals surface area contributed by atoms with Crippen molar-refractivity contribution in [3.8, 4) is 11.5 Å². The first-order valence-electron chi connectivity index (χ1n) is 14.5. The highest BCUT2D eigenvalue weighted by Gasteiger charge is 2.77. The number of para-hydroxylation sites is 1. The molecule has 4 aliphatic rings. The van der Waals surface area contributed by atoms with Gasteiger partial charge in [0.1, 0.15) is 5.69 Å². The highest BCUT2D eigenvalue weighted by molar-refractivity contribution is 6.58. The number of fused-ring (bicyclic) bond motifs is 4. The van der Waals surface area contributed by atoms with Gasteiger partial charge < -0.3 is 9.84 Å². The molecule has 2 saturated heterocycles. The molecular weight excluding hydrogens is 686 g/mol. The zero-order valence-electron chi connectivity index (χ0n) is 24.4. The van der Waals surface area contributed by atoms with Crippen LogP contribution < -0.4 is 14.5 Å². The minimum atomic E-state index is -2.69. The highest BCUT2D eigenvalue weighted by Crippen LogP contribution is 2.66. The molecule has 2 aliphatic heterocycles. The molecule has 3 aromatic carbocycles. The molecule has 15 heteroatoms. The molecule has 1 N–H and O–H groups in total. The number of halogens is 7. The smallest absolute Gasteiger partial charge is 0.258 e. The maximum absolute atomic E-state index is 15.2. The number of benzene rings is 3. The molecule has 2 aliphatic carbocycles. The number of rotatable bonds is 4. The second-order valence-electron chi connectivity index (χ2n) is 12.0. The molecule has 4 amide bonds. The molecule has 0 radical (unpaired) electrons. The van der Waals surface area contributed by atoms with E-state index in [9.17, 15) is 37.5 Å². The third-order valence-electron chi connectivity index (χ3n) is 9.77. The SMILES string of the molecule is COc1cc(C2C3=CCC4C(=O)N(c5ccccc5)C(=O)C4C3CC3(Cl)C(=O)N(c4c(F)c(F)c(F)c(F)c4F)C(=O)C23Cl)ccc1O. The van der Waals surface area contributed by atoms with E-state index in [2.05, 4.69) is 0 Å². The molecule has 248 valence electrons. The van der Waals surface area contributed by atoms with Crippen LogP contribution in [0.15, 0.2) is 60.2 Å². The van der Waals surface area contributed by atoms with Gasteiger partial charge in [-0.15, -0.1) is 23.2 Å². The second kappa shape index (κ2) is 10.8. The number of aromatic hydroxyl groups is 1. The average Bonchev–Trinajstić information content (AvgIpc) is 3.42. The lowest BCUT2D eigenvalue weighted by atomic mass is 9.56. The van der Waals surface area contributed by atoms with Gasteiger partial charge in [-0.25, -0.2) is 26.9 Å². The fourth-order valence-electron chi connectivity index (χ4n) is 7.65. The summed E-state index contributed by atoms with van der Waals surface area (Å²) in [4.78, 5) is 51.7. The monoisotopic (exact) mass is 706 g/mol. The zero-order valence-corrected chi connectivity index (χ0v) is 26.0. The summed E-state index contributed by atoms with van der Waals surface area (Å²) in [5.41, 5.74) is -1.21. The Morgan fingerprint density at radius 3 is 2.06 bits per heavy atom. The molecule has 3 fully saturated rings. The normalized spacial score (nSPS) is 29.5. The van der Waals surface area contributed by atoms with Crippen LogP contribution in [-0.2, 0) is 19.2 Å². The molecule has 8 nitrogen and oxygen atoms in total. The molecular formula is C33H21Cl2F5N2O6. The number of carbonyl (C=O) groups is 4. The Balaban J connectivity index is 1.45. The minimum Gasteiger partial charge on any atom is -0.504 e. The Kier molecular flexibility index (Phi) is 7.19. The van der Waals surface area contributed by atoms with Crippen LogP contribution in [0.5, 0.6) is 11.5 Å². The van der Waals surface area contributed by atoms with Gasteiger partial charge in [-0.3, -0.25) is 24.1 Å². The van der Waals surface area contributed by atoms with E-state index in [1.165, 1.54) is 25.3 Å². The first-order chi connectivity index (χ1) is 22.7. The summed E-state index contributed by atoms with van der Waals surface area (Å²) in [7, 11) is 1.23. The van der Waals surface area contributed by atoms with E-state index in [0.29, 0.717) is 0 Å². The largest absolute Gasteiger partial charge is 0.504 e. The van der Waals surface area contributed by atoms with Crippen LogP contribution in [0.4, 0.5) is 33.3 Å². The van der Waals surface area contributed by atoms with E-state index in [0.717, 1.165) is 4.90 Å².